The summed E-state index contributed by atoms with van der Waals surface area (Å²) in [6.07, 6.45) is 0.719. The first-order chi connectivity index (χ1) is 7.13. The highest BCUT2D eigenvalue weighted by Crippen LogP contribution is 2.06. The fourth-order valence-electron chi connectivity index (χ4n) is 1.21. The van der Waals surface area contributed by atoms with Crippen molar-refractivity contribution in [2.45, 2.75) is 20.3 Å². The molecule has 4 nitrogen and oxygen atoms in total. The molecular formula is C11H18N2O2. The molecule has 1 aromatic rings. The average molecular weight is 210 g/mol. The predicted molar refractivity (Wildman–Crippen MR) is 58.4 cm³/mol. The van der Waals surface area contributed by atoms with E-state index in [0.717, 1.165) is 17.9 Å². The maximum absolute atomic E-state index is 11.3. The minimum Gasteiger partial charge on any atom is -0.466 e. The maximum Gasteiger partial charge on any atom is 0.224 e. The zero-order chi connectivity index (χ0) is 11.3. The molecule has 3 N–H and O–H groups in total. The Hall–Kier alpha value is -1.29. The SMILES string of the molecule is Cc1ccc(CCNC(=O)C(C)CN)o1. The quantitative estimate of drug-likeness (QED) is 0.756. The van der Waals surface area contributed by atoms with Gasteiger partial charge in [-0.15, -0.1) is 0 Å². The molecule has 0 spiro atoms. The predicted octanol–water partition coefficient (Wildman–Crippen LogP) is 0.842. The van der Waals surface area contributed by atoms with Crippen LogP contribution in [0, 0.1) is 12.8 Å². The summed E-state index contributed by atoms with van der Waals surface area (Å²) in [7, 11) is 0. The van der Waals surface area contributed by atoms with Crippen LogP contribution in [-0.4, -0.2) is 19.0 Å². The molecule has 15 heavy (non-hydrogen) atoms. The fraction of sp³-hybridized carbons (Fsp3) is 0.545. The largest absolute Gasteiger partial charge is 0.466 e. The van der Waals surface area contributed by atoms with Gasteiger partial charge in [-0.2, -0.15) is 0 Å². The minimum absolute atomic E-state index is 0.000720. The van der Waals surface area contributed by atoms with Gasteiger partial charge in [0.2, 0.25) is 5.91 Å². The summed E-state index contributed by atoms with van der Waals surface area (Å²) >= 11 is 0. The van der Waals surface area contributed by atoms with E-state index >= 15 is 0 Å². The van der Waals surface area contributed by atoms with Gasteiger partial charge in [0.15, 0.2) is 0 Å². The van der Waals surface area contributed by atoms with E-state index in [2.05, 4.69) is 5.32 Å². The van der Waals surface area contributed by atoms with E-state index in [1.807, 2.05) is 26.0 Å². The van der Waals surface area contributed by atoms with Crippen LogP contribution in [0.1, 0.15) is 18.4 Å². The summed E-state index contributed by atoms with van der Waals surface area (Å²) in [5, 5.41) is 2.81. The molecular weight excluding hydrogens is 192 g/mol. The average Bonchev–Trinajstić information content (AvgIpc) is 2.63. The number of rotatable bonds is 5. The Morgan fingerprint density at radius 1 is 1.60 bits per heavy atom. The van der Waals surface area contributed by atoms with Crippen molar-refractivity contribution in [1.29, 1.82) is 0 Å². The van der Waals surface area contributed by atoms with Crippen LogP contribution >= 0.6 is 0 Å². The molecule has 0 aliphatic rings. The van der Waals surface area contributed by atoms with Gasteiger partial charge in [-0.05, 0) is 19.1 Å². The molecule has 0 fully saturated rings. The molecule has 0 bridgehead atoms. The van der Waals surface area contributed by atoms with Gasteiger partial charge >= 0.3 is 0 Å². The van der Waals surface area contributed by atoms with Gasteiger partial charge in [0.05, 0.1) is 0 Å². The highest BCUT2D eigenvalue weighted by Gasteiger charge is 2.09. The summed E-state index contributed by atoms with van der Waals surface area (Å²) in [6.45, 7) is 4.69. The van der Waals surface area contributed by atoms with E-state index in [-0.39, 0.29) is 11.8 Å². The third kappa shape index (κ3) is 3.75. The van der Waals surface area contributed by atoms with Gasteiger partial charge in [-0.3, -0.25) is 4.79 Å². The standard InChI is InChI=1S/C11H18N2O2/c1-8(7-12)11(14)13-6-5-10-4-3-9(2)15-10/h3-4,8H,5-7,12H2,1-2H3,(H,13,14). The molecule has 0 saturated carbocycles. The van der Waals surface area contributed by atoms with Gasteiger partial charge in [0.1, 0.15) is 11.5 Å². The maximum atomic E-state index is 11.3. The number of hydrogen-bond donors (Lipinski definition) is 2. The van der Waals surface area contributed by atoms with E-state index in [4.69, 9.17) is 10.2 Å². The summed E-state index contributed by atoms with van der Waals surface area (Å²) < 4.78 is 5.38. The second-order valence-electron chi connectivity index (χ2n) is 3.69. The van der Waals surface area contributed by atoms with Crippen LogP contribution in [0.2, 0.25) is 0 Å². The second kappa shape index (κ2) is 5.56. The molecule has 0 saturated heterocycles. The first-order valence-corrected chi connectivity index (χ1v) is 5.16. The van der Waals surface area contributed by atoms with Gasteiger partial charge in [-0.25, -0.2) is 0 Å². The second-order valence-corrected chi connectivity index (χ2v) is 3.69. The number of carbonyl (C=O) groups excluding carboxylic acids is 1. The van der Waals surface area contributed by atoms with Crippen molar-refractivity contribution in [3.8, 4) is 0 Å². The van der Waals surface area contributed by atoms with Crippen LogP contribution < -0.4 is 11.1 Å². The van der Waals surface area contributed by atoms with Gasteiger partial charge in [0.25, 0.3) is 0 Å². The van der Waals surface area contributed by atoms with Crippen LogP contribution in [0.15, 0.2) is 16.5 Å². The Balaban J connectivity index is 2.24. The third-order valence-corrected chi connectivity index (χ3v) is 2.27. The van der Waals surface area contributed by atoms with Crippen LogP contribution in [0.5, 0.6) is 0 Å². The Morgan fingerprint density at radius 2 is 2.33 bits per heavy atom. The van der Waals surface area contributed by atoms with Crippen molar-refractivity contribution in [2.75, 3.05) is 13.1 Å². The number of carbonyl (C=O) groups is 1. The number of nitrogens with one attached hydrogen (secondary N) is 1. The van der Waals surface area contributed by atoms with Crippen molar-refractivity contribution in [3.05, 3.63) is 23.7 Å². The zero-order valence-corrected chi connectivity index (χ0v) is 9.25. The van der Waals surface area contributed by atoms with Gasteiger partial charge < -0.3 is 15.5 Å². The Morgan fingerprint density at radius 3 is 2.87 bits per heavy atom. The molecule has 4 heteroatoms. The Bertz CT molecular complexity index is 320. The molecule has 0 aromatic carbocycles. The van der Waals surface area contributed by atoms with Crippen LogP contribution in [0.4, 0.5) is 0 Å². The summed E-state index contributed by atoms with van der Waals surface area (Å²) in [5.74, 6) is 1.67. The number of amides is 1. The third-order valence-electron chi connectivity index (χ3n) is 2.27. The highest BCUT2D eigenvalue weighted by molar-refractivity contribution is 5.78. The number of furan rings is 1. The van der Waals surface area contributed by atoms with Crippen molar-refractivity contribution in [2.24, 2.45) is 11.7 Å². The highest BCUT2D eigenvalue weighted by atomic mass is 16.3. The monoisotopic (exact) mass is 210 g/mol. The van der Waals surface area contributed by atoms with E-state index in [1.54, 1.807) is 0 Å². The number of nitrogens with two attached hydrogens (primary N) is 1. The van der Waals surface area contributed by atoms with Crippen molar-refractivity contribution < 1.29 is 9.21 Å². The molecule has 0 radical (unpaired) electrons. The molecule has 1 amide bonds. The van der Waals surface area contributed by atoms with Crippen molar-refractivity contribution in [3.63, 3.8) is 0 Å². The molecule has 1 unspecified atom stereocenters. The summed E-state index contributed by atoms with van der Waals surface area (Å²) in [5.41, 5.74) is 5.38. The van der Waals surface area contributed by atoms with Gasteiger partial charge in [0, 0.05) is 25.4 Å². The summed E-state index contributed by atoms with van der Waals surface area (Å²) in [4.78, 5) is 11.3. The zero-order valence-electron chi connectivity index (χ0n) is 9.25. The molecule has 0 aliphatic heterocycles. The van der Waals surface area contributed by atoms with Crippen LogP contribution in [-0.2, 0) is 11.2 Å². The van der Waals surface area contributed by atoms with E-state index < -0.39 is 0 Å². The first kappa shape index (κ1) is 11.8. The van der Waals surface area contributed by atoms with Gasteiger partial charge in [-0.1, -0.05) is 6.92 Å². The molecule has 1 rings (SSSR count). The smallest absolute Gasteiger partial charge is 0.224 e. The van der Waals surface area contributed by atoms with Crippen LogP contribution in [0.3, 0.4) is 0 Å². The molecule has 1 atom stereocenters. The summed E-state index contributed by atoms with van der Waals surface area (Å²) in [6, 6.07) is 3.84. The van der Waals surface area contributed by atoms with Crippen molar-refractivity contribution >= 4 is 5.91 Å². The first-order valence-electron chi connectivity index (χ1n) is 5.16. The topological polar surface area (TPSA) is 68.3 Å². The van der Waals surface area contributed by atoms with Crippen molar-refractivity contribution in [1.82, 2.24) is 5.32 Å². The Labute approximate surface area is 89.8 Å². The van der Waals surface area contributed by atoms with Crippen LogP contribution in [0.25, 0.3) is 0 Å². The van der Waals surface area contributed by atoms with E-state index in [0.29, 0.717) is 13.1 Å². The lowest BCUT2D eigenvalue weighted by molar-refractivity contribution is -0.124. The molecule has 1 heterocycles. The molecule has 84 valence electrons. The Kier molecular flexibility index (Phi) is 4.37. The minimum atomic E-state index is -0.122. The van der Waals surface area contributed by atoms with E-state index in [1.165, 1.54) is 0 Å². The molecule has 0 aliphatic carbocycles. The number of hydrogen-bond acceptors (Lipinski definition) is 3. The lowest BCUT2D eigenvalue weighted by Crippen LogP contribution is -2.34. The lowest BCUT2D eigenvalue weighted by Gasteiger charge is -2.08. The normalized spacial score (nSPS) is 12.5. The lowest BCUT2D eigenvalue weighted by atomic mass is 10.1. The number of aryl methyl sites for hydroxylation is 1. The fourth-order valence-corrected chi connectivity index (χ4v) is 1.21. The van der Waals surface area contributed by atoms with E-state index in [9.17, 15) is 4.79 Å². The molecule has 1 aromatic heterocycles.